The van der Waals surface area contributed by atoms with Crippen molar-refractivity contribution in [2.45, 2.75) is 52.5 Å². The number of likely N-dealkylation sites (tertiary alicyclic amines) is 1. The zero-order valence-corrected chi connectivity index (χ0v) is 13.4. The molecule has 0 radical (unpaired) electrons. The van der Waals surface area contributed by atoms with Crippen molar-refractivity contribution < 1.29 is 0 Å². The number of benzene rings is 1. The summed E-state index contributed by atoms with van der Waals surface area (Å²) in [5.41, 5.74) is 10.4. The lowest BCUT2D eigenvalue weighted by molar-refractivity contribution is 0.158. The molecule has 20 heavy (non-hydrogen) atoms. The van der Waals surface area contributed by atoms with E-state index in [4.69, 9.17) is 5.73 Å². The van der Waals surface area contributed by atoms with E-state index in [-0.39, 0.29) is 0 Å². The van der Waals surface area contributed by atoms with Crippen molar-refractivity contribution in [3.8, 4) is 0 Å². The third-order valence-electron chi connectivity index (χ3n) is 4.80. The predicted octanol–water partition coefficient (Wildman–Crippen LogP) is 3.82. The fraction of sp³-hybridized carbons (Fsp3) is 0.667. The Morgan fingerprint density at radius 1 is 1.20 bits per heavy atom. The molecule has 2 nitrogen and oxygen atoms in total. The van der Waals surface area contributed by atoms with E-state index >= 15 is 0 Å². The Bertz CT molecular complexity index is 427. The van der Waals surface area contributed by atoms with Gasteiger partial charge in [0.15, 0.2) is 0 Å². The van der Waals surface area contributed by atoms with E-state index in [2.05, 4.69) is 43.9 Å². The minimum Gasteiger partial charge on any atom is -0.330 e. The monoisotopic (exact) mass is 274 g/mol. The van der Waals surface area contributed by atoms with Gasteiger partial charge >= 0.3 is 0 Å². The van der Waals surface area contributed by atoms with E-state index in [1.165, 1.54) is 55.5 Å². The topological polar surface area (TPSA) is 29.3 Å². The lowest BCUT2D eigenvalue weighted by atomic mass is 9.88. The Morgan fingerprint density at radius 2 is 2.00 bits per heavy atom. The van der Waals surface area contributed by atoms with Gasteiger partial charge in [-0.15, -0.1) is 0 Å². The molecule has 0 aliphatic carbocycles. The van der Waals surface area contributed by atoms with E-state index in [9.17, 15) is 0 Å². The van der Waals surface area contributed by atoms with Gasteiger partial charge in [-0.05, 0) is 75.4 Å². The van der Waals surface area contributed by atoms with Crippen LogP contribution >= 0.6 is 0 Å². The molecule has 0 bridgehead atoms. The summed E-state index contributed by atoms with van der Waals surface area (Å²) in [5.74, 6) is 0.603. The van der Waals surface area contributed by atoms with Crippen LogP contribution in [0.1, 0.15) is 55.3 Å². The zero-order chi connectivity index (χ0) is 14.5. The van der Waals surface area contributed by atoms with Gasteiger partial charge in [-0.3, -0.25) is 4.90 Å². The summed E-state index contributed by atoms with van der Waals surface area (Å²) in [5, 5.41) is 0. The van der Waals surface area contributed by atoms with Gasteiger partial charge in [-0.25, -0.2) is 0 Å². The molecule has 0 spiro atoms. The van der Waals surface area contributed by atoms with Crippen molar-refractivity contribution >= 4 is 0 Å². The van der Waals surface area contributed by atoms with Gasteiger partial charge in [0.1, 0.15) is 0 Å². The molecule has 1 saturated heterocycles. The second-order valence-electron chi connectivity index (χ2n) is 6.32. The van der Waals surface area contributed by atoms with E-state index < -0.39 is 0 Å². The van der Waals surface area contributed by atoms with Crippen molar-refractivity contribution in [3.05, 3.63) is 34.9 Å². The molecule has 0 amide bonds. The molecule has 1 fully saturated rings. The van der Waals surface area contributed by atoms with Gasteiger partial charge in [0.25, 0.3) is 0 Å². The predicted molar refractivity (Wildman–Crippen MR) is 86.9 cm³/mol. The molecular weight excluding hydrogens is 244 g/mol. The first kappa shape index (κ1) is 15.5. The SMILES string of the molecule is CCCN1CCCCC(CN)C1c1ccc(C)c(C)c1. The number of rotatable bonds is 4. The van der Waals surface area contributed by atoms with E-state index in [0.29, 0.717) is 12.0 Å². The fourth-order valence-electron chi connectivity index (χ4n) is 3.53. The Hall–Kier alpha value is -0.860. The van der Waals surface area contributed by atoms with Crippen molar-refractivity contribution in [1.82, 2.24) is 4.90 Å². The fourth-order valence-corrected chi connectivity index (χ4v) is 3.53. The third-order valence-corrected chi connectivity index (χ3v) is 4.80. The van der Waals surface area contributed by atoms with Gasteiger partial charge in [-0.2, -0.15) is 0 Å². The van der Waals surface area contributed by atoms with Crippen LogP contribution in [-0.4, -0.2) is 24.5 Å². The van der Waals surface area contributed by atoms with E-state index in [1.54, 1.807) is 0 Å². The lowest BCUT2D eigenvalue weighted by Gasteiger charge is -2.35. The Kier molecular flexibility index (Phi) is 5.62. The molecule has 1 heterocycles. The molecule has 2 N–H and O–H groups in total. The number of nitrogens with two attached hydrogens (primary N) is 1. The van der Waals surface area contributed by atoms with Gasteiger partial charge in [0, 0.05) is 6.04 Å². The van der Waals surface area contributed by atoms with Gasteiger partial charge in [0.05, 0.1) is 0 Å². The van der Waals surface area contributed by atoms with Gasteiger partial charge < -0.3 is 5.73 Å². The number of aryl methyl sites for hydroxylation is 2. The molecule has 2 atom stereocenters. The average Bonchev–Trinajstić information content (AvgIpc) is 2.64. The summed E-state index contributed by atoms with van der Waals surface area (Å²) in [6.07, 6.45) is 5.13. The van der Waals surface area contributed by atoms with Crippen LogP contribution in [0.25, 0.3) is 0 Å². The average molecular weight is 274 g/mol. The highest BCUT2D eigenvalue weighted by Gasteiger charge is 2.29. The molecule has 1 aliphatic heterocycles. The van der Waals surface area contributed by atoms with Crippen LogP contribution in [0.15, 0.2) is 18.2 Å². The molecule has 2 rings (SSSR count). The standard InChI is InChI=1S/C18H30N2/c1-4-10-20-11-6-5-7-17(13-19)18(20)16-9-8-14(2)15(3)12-16/h8-9,12,17-18H,4-7,10-11,13,19H2,1-3H3. The largest absolute Gasteiger partial charge is 0.330 e. The Balaban J connectivity index is 2.34. The lowest BCUT2D eigenvalue weighted by Crippen LogP contribution is -2.36. The van der Waals surface area contributed by atoms with Crippen molar-refractivity contribution in [2.75, 3.05) is 19.6 Å². The van der Waals surface area contributed by atoms with Crippen molar-refractivity contribution in [1.29, 1.82) is 0 Å². The normalized spacial score (nSPS) is 24.6. The maximum Gasteiger partial charge on any atom is 0.0388 e. The quantitative estimate of drug-likeness (QED) is 0.904. The summed E-state index contributed by atoms with van der Waals surface area (Å²) in [7, 11) is 0. The van der Waals surface area contributed by atoms with Crippen LogP contribution in [0.4, 0.5) is 0 Å². The first-order valence-electron chi connectivity index (χ1n) is 8.18. The summed E-state index contributed by atoms with van der Waals surface area (Å²) in [6, 6.07) is 7.50. The molecular formula is C18H30N2. The second kappa shape index (κ2) is 7.24. The molecule has 1 aromatic carbocycles. The first-order valence-corrected chi connectivity index (χ1v) is 8.18. The highest BCUT2D eigenvalue weighted by atomic mass is 15.2. The third kappa shape index (κ3) is 3.42. The van der Waals surface area contributed by atoms with Crippen LogP contribution in [-0.2, 0) is 0 Å². The van der Waals surface area contributed by atoms with Crippen molar-refractivity contribution in [3.63, 3.8) is 0 Å². The molecule has 2 unspecified atom stereocenters. The highest BCUT2D eigenvalue weighted by Crippen LogP contribution is 2.35. The number of hydrogen-bond acceptors (Lipinski definition) is 2. The summed E-state index contributed by atoms with van der Waals surface area (Å²) >= 11 is 0. The molecule has 0 saturated carbocycles. The molecule has 112 valence electrons. The smallest absolute Gasteiger partial charge is 0.0388 e. The minimum absolute atomic E-state index is 0.516. The Labute approximate surface area is 124 Å². The van der Waals surface area contributed by atoms with Crippen LogP contribution in [0.2, 0.25) is 0 Å². The molecule has 0 aromatic heterocycles. The highest BCUT2D eigenvalue weighted by molar-refractivity contribution is 5.32. The summed E-state index contributed by atoms with van der Waals surface area (Å²) < 4.78 is 0. The van der Waals surface area contributed by atoms with Crippen LogP contribution < -0.4 is 5.73 Å². The van der Waals surface area contributed by atoms with Crippen LogP contribution in [0.3, 0.4) is 0 Å². The van der Waals surface area contributed by atoms with Crippen LogP contribution in [0.5, 0.6) is 0 Å². The van der Waals surface area contributed by atoms with Crippen molar-refractivity contribution in [2.24, 2.45) is 11.7 Å². The van der Waals surface area contributed by atoms with Crippen LogP contribution in [0, 0.1) is 19.8 Å². The maximum atomic E-state index is 6.10. The zero-order valence-electron chi connectivity index (χ0n) is 13.4. The second-order valence-corrected chi connectivity index (χ2v) is 6.32. The summed E-state index contributed by atoms with van der Waals surface area (Å²) in [6.45, 7) is 9.90. The van der Waals surface area contributed by atoms with E-state index in [0.717, 1.165) is 6.54 Å². The number of nitrogens with zero attached hydrogens (tertiary/aromatic N) is 1. The minimum atomic E-state index is 0.516. The van der Waals surface area contributed by atoms with Gasteiger partial charge in [0.2, 0.25) is 0 Å². The van der Waals surface area contributed by atoms with Gasteiger partial charge in [-0.1, -0.05) is 31.5 Å². The van der Waals surface area contributed by atoms with E-state index in [1.807, 2.05) is 0 Å². The molecule has 2 heteroatoms. The Morgan fingerprint density at radius 3 is 2.65 bits per heavy atom. The first-order chi connectivity index (χ1) is 9.67. The number of hydrogen-bond donors (Lipinski definition) is 1. The summed E-state index contributed by atoms with van der Waals surface area (Å²) in [4.78, 5) is 2.68. The maximum absolute atomic E-state index is 6.10. The molecule has 1 aromatic rings. The molecule has 1 aliphatic rings.